The van der Waals surface area contributed by atoms with E-state index < -0.39 is 12.1 Å². The van der Waals surface area contributed by atoms with E-state index in [2.05, 4.69) is 6.92 Å². The van der Waals surface area contributed by atoms with E-state index in [1.54, 1.807) is 24.3 Å². The highest BCUT2D eigenvalue weighted by atomic mass is 16.5. The van der Waals surface area contributed by atoms with Crippen molar-refractivity contribution in [3.63, 3.8) is 0 Å². The van der Waals surface area contributed by atoms with Crippen LogP contribution in [0, 0.1) is 0 Å². The number of rotatable bonds is 9. The van der Waals surface area contributed by atoms with Crippen LogP contribution in [0.5, 0.6) is 0 Å². The highest BCUT2D eigenvalue weighted by molar-refractivity contribution is 5.90. The van der Waals surface area contributed by atoms with Gasteiger partial charge in [-0.3, -0.25) is 4.79 Å². The SMILES string of the molecule is CCCCCCCC(C=O)OC(=O)c1ccccc1. The Bertz CT molecular complexity index is 373. The maximum atomic E-state index is 11.8. The number of hydrogen-bond donors (Lipinski definition) is 0. The van der Waals surface area contributed by atoms with Crippen molar-refractivity contribution in [3.05, 3.63) is 35.9 Å². The fourth-order valence-electron chi connectivity index (χ4n) is 1.88. The highest BCUT2D eigenvalue weighted by Gasteiger charge is 2.14. The fourth-order valence-corrected chi connectivity index (χ4v) is 1.88. The van der Waals surface area contributed by atoms with E-state index in [0.717, 1.165) is 19.1 Å². The highest BCUT2D eigenvalue weighted by Crippen LogP contribution is 2.10. The molecule has 0 saturated heterocycles. The van der Waals surface area contributed by atoms with Crippen molar-refractivity contribution in [1.82, 2.24) is 0 Å². The third-order valence-electron chi connectivity index (χ3n) is 3.01. The van der Waals surface area contributed by atoms with Gasteiger partial charge in [-0.2, -0.15) is 0 Å². The molecule has 0 aliphatic rings. The lowest BCUT2D eigenvalue weighted by molar-refractivity contribution is -0.115. The summed E-state index contributed by atoms with van der Waals surface area (Å²) in [4.78, 5) is 22.7. The zero-order valence-corrected chi connectivity index (χ0v) is 11.5. The topological polar surface area (TPSA) is 43.4 Å². The van der Waals surface area contributed by atoms with Crippen molar-refractivity contribution in [2.24, 2.45) is 0 Å². The van der Waals surface area contributed by atoms with E-state index in [1.807, 2.05) is 6.07 Å². The van der Waals surface area contributed by atoms with Crippen molar-refractivity contribution >= 4 is 12.3 Å². The molecule has 0 aliphatic carbocycles. The minimum atomic E-state index is -0.616. The molecule has 0 aromatic heterocycles. The largest absolute Gasteiger partial charge is 0.451 e. The minimum absolute atomic E-state index is 0.425. The summed E-state index contributed by atoms with van der Waals surface area (Å²) < 4.78 is 5.19. The minimum Gasteiger partial charge on any atom is -0.451 e. The van der Waals surface area contributed by atoms with E-state index in [0.29, 0.717) is 12.0 Å². The molecule has 1 unspecified atom stereocenters. The van der Waals surface area contributed by atoms with Gasteiger partial charge < -0.3 is 4.74 Å². The van der Waals surface area contributed by atoms with Crippen LogP contribution in [0.4, 0.5) is 0 Å². The molecular weight excluding hydrogens is 240 g/mol. The number of esters is 1. The second-order valence-corrected chi connectivity index (χ2v) is 4.65. The summed E-state index contributed by atoms with van der Waals surface area (Å²) in [5.74, 6) is -0.425. The maximum Gasteiger partial charge on any atom is 0.338 e. The van der Waals surface area contributed by atoms with Crippen LogP contribution in [-0.4, -0.2) is 18.4 Å². The number of hydrogen-bond acceptors (Lipinski definition) is 3. The van der Waals surface area contributed by atoms with Gasteiger partial charge in [0.2, 0.25) is 0 Å². The number of carbonyl (C=O) groups excluding carboxylic acids is 2. The van der Waals surface area contributed by atoms with Crippen LogP contribution in [0.2, 0.25) is 0 Å². The van der Waals surface area contributed by atoms with Crippen LogP contribution in [0.15, 0.2) is 30.3 Å². The molecule has 0 bridgehead atoms. The average molecular weight is 262 g/mol. The van der Waals surface area contributed by atoms with Crippen molar-refractivity contribution < 1.29 is 14.3 Å². The number of ether oxygens (including phenoxy) is 1. The summed E-state index contributed by atoms with van der Waals surface area (Å²) in [6, 6.07) is 8.76. The Morgan fingerprint density at radius 3 is 2.47 bits per heavy atom. The predicted octanol–water partition coefficient (Wildman–Crippen LogP) is 3.77. The first-order valence-corrected chi connectivity index (χ1v) is 6.99. The zero-order valence-electron chi connectivity index (χ0n) is 11.5. The molecule has 0 N–H and O–H groups in total. The van der Waals surface area contributed by atoms with Gasteiger partial charge in [0.15, 0.2) is 12.4 Å². The van der Waals surface area contributed by atoms with Crippen LogP contribution in [0.25, 0.3) is 0 Å². The van der Waals surface area contributed by atoms with Crippen LogP contribution in [-0.2, 0) is 9.53 Å². The van der Waals surface area contributed by atoms with Gasteiger partial charge in [-0.25, -0.2) is 4.79 Å². The van der Waals surface area contributed by atoms with Crippen molar-refractivity contribution in [2.45, 2.75) is 51.6 Å². The predicted molar refractivity (Wildman–Crippen MR) is 75.1 cm³/mol. The Balaban J connectivity index is 2.32. The molecule has 0 amide bonds. The maximum absolute atomic E-state index is 11.8. The molecular formula is C16H22O3. The van der Waals surface area contributed by atoms with E-state index >= 15 is 0 Å². The van der Waals surface area contributed by atoms with Gasteiger partial charge >= 0.3 is 5.97 Å². The van der Waals surface area contributed by atoms with E-state index in [9.17, 15) is 9.59 Å². The Morgan fingerprint density at radius 1 is 1.16 bits per heavy atom. The molecule has 104 valence electrons. The number of carbonyl (C=O) groups is 2. The lowest BCUT2D eigenvalue weighted by atomic mass is 10.1. The van der Waals surface area contributed by atoms with E-state index in [-0.39, 0.29) is 0 Å². The summed E-state index contributed by atoms with van der Waals surface area (Å²) >= 11 is 0. The lowest BCUT2D eigenvalue weighted by Crippen LogP contribution is -2.19. The fraction of sp³-hybridized carbons (Fsp3) is 0.500. The standard InChI is InChI=1S/C16H22O3/c1-2-3-4-5-9-12-15(13-17)19-16(18)14-10-7-6-8-11-14/h6-8,10-11,13,15H,2-5,9,12H2,1H3. The molecule has 19 heavy (non-hydrogen) atoms. The third kappa shape index (κ3) is 6.18. The molecule has 1 atom stereocenters. The van der Waals surface area contributed by atoms with Crippen LogP contribution in [0.3, 0.4) is 0 Å². The molecule has 0 heterocycles. The quantitative estimate of drug-likeness (QED) is 0.386. The van der Waals surface area contributed by atoms with Gasteiger partial charge in [0, 0.05) is 0 Å². The smallest absolute Gasteiger partial charge is 0.338 e. The van der Waals surface area contributed by atoms with Crippen LogP contribution in [0.1, 0.15) is 55.8 Å². The molecule has 0 fully saturated rings. The molecule has 0 saturated carbocycles. The Morgan fingerprint density at radius 2 is 1.84 bits per heavy atom. The molecule has 1 rings (SSSR count). The Kier molecular flexibility index (Phi) is 7.56. The summed E-state index contributed by atoms with van der Waals surface area (Å²) in [6.45, 7) is 2.16. The molecule has 3 nitrogen and oxygen atoms in total. The summed E-state index contributed by atoms with van der Waals surface area (Å²) in [6.07, 6.45) is 6.32. The Labute approximate surface area is 115 Å². The number of aldehydes is 1. The third-order valence-corrected chi connectivity index (χ3v) is 3.01. The summed E-state index contributed by atoms with van der Waals surface area (Å²) in [5, 5.41) is 0. The normalized spacial score (nSPS) is 11.8. The first-order valence-electron chi connectivity index (χ1n) is 6.99. The lowest BCUT2D eigenvalue weighted by Gasteiger charge is -2.11. The molecule has 3 heteroatoms. The van der Waals surface area contributed by atoms with Gasteiger partial charge in [-0.05, 0) is 25.0 Å². The van der Waals surface area contributed by atoms with E-state index in [4.69, 9.17) is 4.74 Å². The molecule has 0 spiro atoms. The van der Waals surface area contributed by atoms with Crippen LogP contribution < -0.4 is 0 Å². The summed E-state index contributed by atoms with van der Waals surface area (Å²) in [5.41, 5.74) is 0.486. The van der Waals surface area contributed by atoms with Crippen LogP contribution >= 0.6 is 0 Å². The average Bonchev–Trinajstić information content (AvgIpc) is 2.46. The number of benzene rings is 1. The first kappa shape index (κ1) is 15.4. The second-order valence-electron chi connectivity index (χ2n) is 4.65. The van der Waals surface area contributed by atoms with Gasteiger partial charge in [0.05, 0.1) is 5.56 Å². The van der Waals surface area contributed by atoms with Crippen molar-refractivity contribution in [2.75, 3.05) is 0 Å². The Hall–Kier alpha value is -1.64. The molecule has 1 aromatic rings. The van der Waals surface area contributed by atoms with Gasteiger partial charge in [0.25, 0.3) is 0 Å². The van der Waals surface area contributed by atoms with Gasteiger partial charge in [-0.15, -0.1) is 0 Å². The molecule has 0 radical (unpaired) electrons. The zero-order chi connectivity index (χ0) is 13.9. The second kappa shape index (κ2) is 9.31. The summed E-state index contributed by atoms with van der Waals surface area (Å²) in [7, 11) is 0. The monoisotopic (exact) mass is 262 g/mol. The molecule has 0 aliphatic heterocycles. The first-order chi connectivity index (χ1) is 9.27. The van der Waals surface area contributed by atoms with Gasteiger partial charge in [-0.1, -0.05) is 50.8 Å². The van der Waals surface area contributed by atoms with Gasteiger partial charge in [0.1, 0.15) is 0 Å². The van der Waals surface area contributed by atoms with Crippen molar-refractivity contribution in [1.29, 1.82) is 0 Å². The van der Waals surface area contributed by atoms with Crippen molar-refractivity contribution in [3.8, 4) is 0 Å². The van der Waals surface area contributed by atoms with E-state index in [1.165, 1.54) is 19.3 Å². The molecule has 1 aromatic carbocycles. The number of unbranched alkanes of at least 4 members (excludes halogenated alkanes) is 4.